The molecule has 0 aromatic heterocycles. The van der Waals surface area contributed by atoms with Gasteiger partial charge in [0.1, 0.15) is 29.7 Å². The van der Waals surface area contributed by atoms with Crippen molar-refractivity contribution < 1.29 is 18.6 Å². The molecule has 0 amide bonds. The molecular weight excluding hydrogens is 477 g/mol. The van der Waals surface area contributed by atoms with E-state index in [0.717, 1.165) is 45.7 Å². The summed E-state index contributed by atoms with van der Waals surface area (Å²) < 4.78 is 32.0. The number of benzene rings is 4. The van der Waals surface area contributed by atoms with E-state index in [4.69, 9.17) is 19.5 Å². The maximum atomic E-state index is 13.6. The van der Waals surface area contributed by atoms with Gasteiger partial charge in [-0.05, 0) is 59.4 Å². The van der Waals surface area contributed by atoms with Crippen LogP contribution in [0.4, 0.5) is 4.39 Å². The number of rotatable bonds is 13. The molecule has 0 fully saturated rings. The summed E-state index contributed by atoms with van der Waals surface area (Å²) in [6, 6.07) is 30.5. The van der Waals surface area contributed by atoms with Gasteiger partial charge in [0.2, 0.25) is 0 Å². The van der Waals surface area contributed by atoms with E-state index in [1.165, 1.54) is 12.1 Å². The molecule has 0 atom stereocenters. The number of para-hydroxylation sites is 1. The van der Waals surface area contributed by atoms with E-state index in [2.05, 4.69) is 19.1 Å². The molecule has 0 saturated heterocycles. The van der Waals surface area contributed by atoms with Crippen LogP contribution in [0.2, 0.25) is 0 Å². The first-order valence-electron chi connectivity index (χ1n) is 13.0. The van der Waals surface area contributed by atoms with Gasteiger partial charge in [-0.15, -0.1) is 0 Å². The first kappa shape index (κ1) is 26.8. The Hall–Kier alpha value is -4.30. The van der Waals surface area contributed by atoms with Crippen molar-refractivity contribution in [3.05, 3.63) is 114 Å². The molecule has 4 rings (SSSR count). The Bertz CT molecular complexity index is 1350. The fourth-order valence-corrected chi connectivity index (χ4v) is 4.19. The van der Waals surface area contributed by atoms with Gasteiger partial charge < -0.3 is 14.2 Å². The fourth-order valence-electron chi connectivity index (χ4n) is 4.19. The molecule has 0 saturated carbocycles. The maximum absolute atomic E-state index is 13.6. The Labute approximate surface area is 224 Å². The van der Waals surface area contributed by atoms with Crippen LogP contribution in [0.3, 0.4) is 0 Å². The van der Waals surface area contributed by atoms with Crippen molar-refractivity contribution in [1.82, 2.24) is 0 Å². The number of ether oxygens (including phenoxy) is 3. The second kappa shape index (κ2) is 13.9. The van der Waals surface area contributed by atoms with Crippen molar-refractivity contribution in [3.63, 3.8) is 0 Å². The van der Waals surface area contributed by atoms with Crippen LogP contribution in [-0.2, 0) is 19.4 Å². The zero-order chi connectivity index (χ0) is 26.6. The summed E-state index contributed by atoms with van der Waals surface area (Å²) >= 11 is 0. The van der Waals surface area contributed by atoms with E-state index in [1.807, 2.05) is 60.7 Å². The van der Waals surface area contributed by atoms with Gasteiger partial charge in [-0.1, -0.05) is 67.6 Å². The normalized spacial score (nSPS) is 10.6. The number of hydrogen-bond donors (Lipinski definition) is 0. The lowest BCUT2D eigenvalue weighted by Gasteiger charge is -2.18. The van der Waals surface area contributed by atoms with Gasteiger partial charge in [-0.3, -0.25) is 0 Å². The van der Waals surface area contributed by atoms with Crippen LogP contribution in [0.5, 0.6) is 17.2 Å². The van der Waals surface area contributed by atoms with Gasteiger partial charge in [0.25, 0.3) is 0 Å². The number of nitrogens with zero attached hydrogens (tertiary/aromatic N) is 1. The average molecular weight is 510 g/mol. The summed E-state index contributed by atoms with van der Waals surface area (Å²) in [6.45, 7) is 3.50. The first-order valence-corrected chi connectivity index (χ1v) is 13.0. The van der Waals surface area contributed by atoms with Gasteiger partial charge in [0.15, 0.2) is 0 Å². The third-order valence-corrected chi connectivity index (χ3v) is 6.22. The minimum atomic E-state index is -0.272. The highest BCUT2D eigenvalue weighted by Gasteiger charge is 2.14. The van der Waals surface area contributed by atoms with E-state index in [9.17, 15) is 4.39 Å². The fraction of sp³-hybridized carbons (Fsp3) is 0.242. The standard InChI is InChI=1S/C33H32FNO3/c1-2-26-22-30(27-15-17-29(34)18-16-27)33(38-24-25-10-4-3-5-11-25)23-32(26)37-21-9-20-36-31-14-7-6-12-28(31)13-8-19-35/h3-7,10-12,14-18,22-23H,2,8-9,13,20-21,24H2,1H3. The second-order valence-corrected chi connectivity index (χ2v) is 8.91. The number of hydrogen-bond acceptors (Lipinski definition) is 4. The first-order chi connectivity index (χ1) is 18.7. The van der Waals surface area contributed by atoms with Crippen LogP contribution >= 0.6 is 0 Å². The Morgan fingerprint density at radius 2 is 1.45 bits per heavy atom. The Balaban J connectivity index is 1.46. The zero-order valence-corrected chi connectivity index (χ0v) is 21.7. The lowest BCUT2D eigenvalue weighted by Crippen LogP contribution is -2.07. The highest BCUT2D eigenvalue weighted by atomic mass is 19.1. The predicted octanol–water partition coefficient (Wildman–Crippen LogP) is 7.94. The molecular formula is C33H32FNO3. The lowest BCUT2D eigenvalue weighted by atomic mass is 10.00. The predicted molar refractivity (Wildman–Crippen MR) is 148 cm³/mol. The molecule has 0 aliphatic carbocycles. The van der Waals surface area contributed by atoms with E-state index in [1.54, 1.807) is 12.1 Å². The summed E-state index contributed by atoms with van der Waals surface area (Å²) in [4.78, 5) is 0. The molecule has 0 heterocycles. The van der Waals surface area contributed by atoms with Crippen LogP contribution in [0.1, 0.15) is 36.5 Å². The lowest BCUT2D eigenvalue weighted by molar-refractivity contribution is 0.243. The van der Waals surface area contributed by atoms with Crippen LogP contribution in [0, 0.1) is 17.1 Å². The van der Waals surface area contributed by atoms with E-state index in [0.29, 0.717) is 44.8 Å². The largest absolute Gasteiger partial charge is 0.493 e. The Morgan fingerprint density at radius 3 is 2.18 bits per heavy atom. The Morgan fingerprint density at radius 1 is 0.737 bits per heavy atom. The monoisotopic (exact) mass is 509 g/mol. The SMILES string of the molecule is CCc1cc(-c2ccc(F)cc2)c(OCc2ccccc2)cc1OCCCOc1ccccc1CCC#N. The van der Waals surface area contributed by atoms with E-state index in [-0.39, 0.29) is 5.82 Å². The van der Waals surface area contributed by atoms with Crippen molar-refractivity contribution in [2.24, 2.45) is 0 Å². The minimum absolute atomic E-state index is 0.272. The molecule has 0 aliphatic heterocycles. The van der Waals surface area contributed by atoms with Crippen molar-refractivity contribution in [2.75, 3.05) is 13.2 Å². The molecule has 0 N–H and O–H groups in total. The van der Waals surface area contributed by atoms with Gasteiger partial charge in [-0.25, -0.2) is 4.39 Å². The molecule has 5 heteroatoms. The molecule has 194 valence electrons. The van der Waals surface area contributed by atoms with Crippen LogP contribution in [-0.4, -0.2) is 13.2 Å². The molecule has 0 aliphatic rings. The zero-order valence-electron chi connectivity index (χ0n) is 21.7. The molecule has 4 aromatic carbocycles. The summed E-state index contributed by atoms with van der Waals surface area (Å²) in [5.41, 5.74) is 4.95. The molecule has 4 aromatic rings. The summed E-state index contributed by atoms with van der Waals surface area (Å²) in [7, 11) is 0. The molecule has 0 unspecified atom stereocenters. The van der Waals surface area contributed by atoms with Gasteiger partial charge in [0, 0.05) is 24.5 Å². The molecule has 0 spiro atoms. The van der Waals surface area contributed by atoms with Crippen molar-refractivity contribution in [3.8, 4) is 34.4 Å². The highest BCUT2D eigenvalue weighted by molar-refractivity contribution is 5.73. The molecule has 0 radical (unpaired) electrons. The highest BCUT2D eigenvalue weighted by Crippen LogP contribution is 2.37. The summed E-state index contributed by atoms with van der Waals surface area (Å²) in [5.74, 6) is 2.01. The molecule has 4 nitrogen and oxygen atoms in total. The van der Waals surface area contributed by atoms with Crippen LogP contribution in [0.15, 0.2) is 91.0 Å². The van der Waals surface area contributed by atoms with Gasteiger partial charge >= 0.3 is 0 Å². The van der Waals surface area contributed by atoms with Crippen molar-refractivity contribution in [1.29, 1.82) is 5.26 Å². The second-order valence-electron chi connectivity index (χ2n) is 8.91. The third kappa shape index (κ3) is 7.36. The number of halogens is 1. The number of nitriles is 1. The van der Waals surface area contributed by atoms with Crippen molar-refractivity contribution in [2.45, 2.75) is 39.2 Å². The van der Waals surface area contributed by atoms with Gasteiger partial charge in [-0.2, -0.15) is 5.26 Å². The van der Waals surface area contributed by atoms with Crippen LogP contribution < -0.4 is 14.2 Å². The summed E-state index contributed by atoms with van der Waals surface area (Å²) in [6.07, 6.45) is 2.63. The van der Waals surface area contributed by atoms with Crippen molar-refractivity contribution >= 4 is 0 Å². The smallest absolute Gasteiger partial charge is 0.131 e. The Kier molecular flexibility index (Phi) is 9.75. The number of aryl methyl sites for hydroxylation is 2. The van der Waals surface area contributed by atoms with E-state index >= 15 is 0 Å². The maximum Gasteiger partial charge on any atom is 0.131 e. The molecule has 0 bridgehead atoms. The van der Waals surface area contributed by atoms with E-state index < -0.39 is 0 Å². The third-order valence-electron chi connectivity index (χ3n) is 6.22. The van der Waals surface area contributed by atoms with Crippen LogP contribution in [0.25, 0.3) is 11.1 Å². The quantitative estimate of drug-likeness (QED) is 0.172. The van der Waals surface area contributed by atoms with Gasteiger partial charge in [0.05, 0.1) is 19.3 Å². The average Bonchev–Trinajstić information content (AvgIpc) is 2.96. The minimum Gasteiger partial charge on any atom is -0.493 e. The topological polar surface area (TPSA) is 51.5 Å². The summed E-state index contributed by atoms with van der Waals surface area (Å²) in [5, 5.41) is 8.89. The molecule has 38 heavy (non-hydrogen) atoms.